The van der Waals surface area contributed by atoms with Crippen molar-refractivity contribution in [2.45, 2.75) is 6.92 Å². The molecule has 0 fully saturated rings. The number of thiazole rings is 1. The highest BCUT2D eigenvalue weighted by atomic mass is 79.9. The van der Waals surface area contributed by atoms with E-state index in [4.69, 9.17) is 4.98 Å². The van der Waals surface area contributed by atoms with E-state index in [2.05, 4.69) is 64.6 Å². The molecule has 1 aromatic heterocycles. The van der Waals surface area contributed by atoms with E-state index in [1.807, 2.05) is 12.1 Å². The molecule has 0 radical (unpaired) electrons. The molecule has 1 nitrogen and oxygen atoms in total. The summed E-state index contributed by atoms with van der Waals surface area (Å²) in [6.07, 6.45) is 0. The predicted octanol–water partition coefficient (Wildman–Crippen LogP) is 5.55. The summed E-state index contributed by atoms with van der Waals surface area (Å²) in [4.78, 5) is 4.73. The first-order valence-corrected chi connectivity index (χ1v) is 7.68. The Labute approximate surface area is 125 Å². The van der Waals surface area contributed by atoms with Gasteiger partial charge in [0.2, 0.25) is 0 Å². The van der Waals surface area contributed by atoms with Crippen LogP contribution in [0.15, 0.2) is 58.4 Å². The number of aromatic nitrogens is 1. The van der Waals surface area contributed by atoms with E-state index >= 15 is 0 Å². The summed E-state index contributed by atoms with van der Waals surface area (Å²) in [5.74, 6) is 0. The number of hydrogen-bond acceptors (Lipinski definition) is 2. The van der Waals surface area contributed by atoms with E-state index in [1.54, 1.807) is 11.3 Å². The lowest BCUT2D eigenvalue weighted by atomic mass is 10.1. The first kappa shape index (κ1) is 12.6. The molecular formula is C16H12BrNS. The van der Waals surface area contributed by atoms with Gasteiger partial charge in [0, 0.05) is 21.0 Å². The van der Waals surface area contributed by atoms with Crippen molar-refractivity contribution >= 4 is 27.3 Å². The summed E-state index contributed by atoms with van der Waals surface area (Å²) in [5, 5.41) is 3.17. The van der Waals surface area contributed by atoms with Crippen molar-refractivity contribution in [1.82, 2.24) is 4.98 Å². The largest absolute Gasteiger partial charge is 0.236 e. The molecule has 2 aromatic carbocycles. The highest BCUT2D eigenvalue weighted by Crippen LogP contribution is 2.30. The molecule has 1 heterocycles. The Bertz CT molecular complexity index is 658. The minimum Gasteiger partial charge on any atom is -0.236 e. The van der Waals surface area contributed by atoms with Crippen molar-refractivity contribution in [3.63, 3.8) is 0 Å². The molecule has 19 heavy (non-hydrogen) atoms. The topological polar surface area (TPSA) is 12.9 Å². The molecule has 0 aliphatic carbocycles. The fourth-order valence-electron chi connectivity index (χ4n) is 1.96. The van der Waals surface area contributed by atoms with Crippen LogP contribution in [0.2, 0.25) is 0 Å². The average molecular weight is 330 g/mol. The zero-order chi connectivity index (χ0) is 13.2. The van der Waals surface area contributed by atoms with Crippen molar-refractivity contribution in [3.8, 4) is 21.8 Å². The summed E-state index contributed by atoms with van der Waals surface area (Å²) < 4.78 is 1.08. The maximum atomic E-state index is 4.73. The van der Waals surface area contributed by atoms with Crippen molar-refractivity contribution in [3.05, 3.63) is 63.9 Å². The molecule has 0 unspecified atom stereocenters. The number of hydrogen-bond donors (Lipinski definition) is 0. The van der Waals surface area contributed by atoms with Crippen molar-refractivity contribution in [2.75, 3.05) is 0 Å². The molecule has 0 N–H and O–H groups in total. The van der Waals surface area contributed by atoms with Gasteiger partial charge >= 0.3 is 0 Å². The Balaban J connectivity index is 2.00. The van der Waals surface area contributed by atoms with Crippen LogP contribution in [0, 0.1) is 6.92 Å². The second-order valence-corrected chi connectivity index (χ2v) is 6.19. The van der Waals surface area contributed by atoms with E-state index in [0.717, 1.165) is 20.7 Å². The van der Waals surface area contributed by atoms with Crippen molar-refractivity contribution in [2.24, 2.45) is 0 Å². The van der Waals surface area contributed by atoms with Crippen molar-refractivity contribution in [1.29, 1.82) is 0 Å². The quantitative estimate of drug-likeness (QED) is 0.600. The number of rotatable bonds is 2. The van der Waals surface area contributed by atoms with Gasteiger partial charge in [-0.1, -0.05) is 51.8 Å². The lowest BCUT2D eigenvalue weighted by molar-refractivity contribution is 1.38. The molecule has 0 aliphatic heterocycles. The zero-order valence-electron chi connectivity index (χ0n) is 10.4. The van der Waals surface area contributed by atoms with Crippen LogP contribution < -0.4 is 0 Å². The first-order valence-electron chi connectivity index (χ1n) is 6.01. The van der Waals surface area contributed by atoms with Crippen LogP contribution in [0.4, 0.5) is 0 Å². The van der Waals surface area contributed by atoms with E-state index in [-0.39, 0.29) is 0 Å². The number of aryl methyl sites for hydroxylation is 1. The Hall–Kier alpha value is -1.45. The highest BCUT2D eigenvalue weighted by molar-refractivity contribution is 9.10. The Morgan fingerprint density at radius 2 is 1.79 bits per heavy atom. The fraction of sp³-hybridized carbons (Fsp3) is 0.0625. The molecule has 0 saturated heterocycles. The maximum absolute atomic E-state index is 4.73. The molecule has 0 bridgehead atoms. The first-order chi connectivity index (χ1) is 9.22. The third-order valence-corrected chi connectivity index (χ3v) is 4.27. The summed E-state index contributed by atoms with van der Waals surface area (Å²) in [6, 6.07) is 16.7. The molecule has 0 spiro atoms. The van der Waals surface area contributed by atoms with Gasteiger partial charge in [0.1, 0.15) is 5.01 Å². The smallest absolute Gasteiger partial charge is 0.124 e. The second kappa shape index (κ2) is 5.27. The van der Waals surface area contributed by atoms with Crippen LogP contribution in [-0.2, 0) is 0 Å². The third kappa shape index (κ3) is 2.77. The lowest BCUT2D eigenvalue weighted by Gasteiger charge is -1.99. The summed E-state index contributed by atoms with van der Waals surface area (Å²) in [7, 11) is 0. The third-order valence-electron chi connectivity index (χ3n) is 2.89. The van der Waals surface area contributed by atoms with Gasteiger partial charge in [-0.25, -0.2) is 4.98 Å². The second-order valence-electron chi connectivity index (χ2n) is 4.42. The average Bonchev–Trinajstić information content (AvgIpc) is 2.88. The molecule has 3 aromatic rings. The van der Waals surface area contributed by atoms with Gasteiger partial charge in [-0.15, -0.1) is 11.3 Å². The van der Waals surface area contributed by atoms with E-state index in [9.17, 15) is 0 Å². The van der Waals surface area contributed by atoms with Gasteiger partial charge < -0.3 is 0 Å². The van der Waals surface area contributed by atoms with Crippen LogP contribution >= 0.6 is 27.3 Å². The van der Waals surface area contributed by atoms with E-state index in [1.165, 1.54) is 11.1 Å². The van der Waals surface area contributed by atoms with E-state index < -0.39 is 0 Å². The van der Waals surface area contributed by atoms with Gasteiger partial charge in [-0.3, -0.25) is 0 Å². The lowest BCUT2D eigenvalue weighted by Crippen LogP contribution is -1.80. The molecular weight excluding hydrogens is 318 g/mol. The zero-order valence-corrected chi connectivity index (χ0v) is 12.8. The molecule has 0 saturated carbocycles. The van der Waals surface area contributed by atoms with Crippen LogP contribution in [-0.4, -0.2) is 4.98 Å². The highest BCUT2D eigenvalue weighted by Gasteiger charge is 2.06. The SMILES string of the molecule is Cc1cccc(-c2csc(-c3cccc(Br)c3)n2)c1. The fourth-order valence-corrected chi connectivity index (χ4v) is 3.19. The van der Waals surface area contributed by atoms with Crippen LogP contribution in [0.5, 0.6) is 0 Å². The minimum atomic E-state index is 1.05. The molecule has 3 heteroatoms. The number of nitrogens with zero attached hydrogens (tertiary/aromatic N) is 1. The summed E-state index contributed by atoms with van der Waals surface area (Å²) in [6.45, 7) is 2.10. The Kier molecular flexibility index (Phi) is 3.49. The van der Waals surface area contributed by atoms with Crippen LogP contribution in [0.3, 0.4) is 0 Å². The van der Waals surface area contributed by atoms with Gasteiger partial charge in [-0.2, -0.15) is 0 Å². The molecule has 0 atom stereocenters. The Morgan fingerprint density at radius 1 is 1.00 bits per heavy atom. The molecule has 94 valence electrons. The Morgan fingerprint density at radius 3 is 2.58 bits per heavy atom. The number of halogens is 1. The summed E-state index contributed by atoms with van der Waals surface area (Å²) in [5.41, 5.74) is 4.63. The maximum Gasteiger partial charge on any atom is 0.124 e. The van der Waals surface area contributed by atoms with Crippen LogP contribution in [0.25, 0.3) is 21.8 Å². The monoisotopic (exact) mass is 329 g/mol. The van der Waals surface area contributed by atoms with Crippen LogP contribution in [0.1, 0.15) is 5.56 Å². The molecule has 0 amide bonds. The normalized spacial score (nSPS) is 10.6. The number of benzene rings is 2. The minimum absolute atomic E-state index is 1.05. The summed E-state index contributed by atoms with van der Waals surface area (Å²) >= 11 is 5.18. The standard InChI is InChI=1S/C16H12BrNS/c1-11-4-2-5-12(8-11)15-10-19-16(18-15)13-6-3-7-14(17)9-13/h2-10H,1H3. The molecule has 3 rings (SSSR count). The van der Waals surface area contributed by atoms with Gasteiger partial charge in [0.15, 0.2) is 0 Å². The van der Waals surface area contributed by atoms with Gasteiger partial charge in [0.25, 0.3) is 0 Å². The predicted molar refractivity (Wildman–Crippen MR) is 85.4 cm³/mol. The van der Waals surface area contributed by atoms with Gasteiger partial charge in [0.05, 0.1) is 5.69 Å². The van der Waals surface area contributed by atoms with E-state index in [0.29, 0.717) is 0 Å². The van der Waals surface area contributed by atoms with Crippen molar-refractivity contribution < 1.29 is 0 Å². The van der Waals surface area contributed by atoms with Gasteiger partial charge in [-0.05, 0) is 25.1 Å². The molecule has 0 aliphatic rings.